The van der Waals surface area contributed by atoms with Gasteiger partial charge in [-0.1, -0.05) is 47.5 Å². The van der Waals surface area contributed by atoms with E-state index in [1.165, 1.54) is 22.5 Å². The first-order valence-corrected chi connectivity index (χ1v) is 12.3. The second-order valence-corrected chi connectivity index (χ2v) is 10.2. The summed E-state index contributed by atoms with van der Waals surface area (Å²) in [4.78, 5) is 10.9. The van der Waals surface area contributed by atoms with Gasteiger partial charge in [-0.25, -0.2) is 8.42 Å². The number of non-ortho nitro benzene ring substituents is 1. The number of nitrogens with zero attached hydrogens (tertiary/aromatic N) is 2. The minimum atomic E-state index is -3.72. The molecule has 0 fully saturated rings. The zero-order valence-electron chi connectivity index (χ0n) is 19.5. The number of anilines is 1. The smallest absolute Gasteiger partial charge is 0.273 e. The minimum absolute atomic E-state index is 0.0873. The van der Waals surface area contributed by atoms with Gasteiger partial charge in [-0.15, -0.1) is 0 Å². The zero-order valence-corrected chi connectivity index (χ0v) is 20.3. The van der Waals surface area contributed by atoms with Crippen LogP contribution in [0, 0.1) is 37.8 Å². The molecule has 7 nitrogen and oxygen atoms in total. The lowest BCUT2D eigenvalue weighted by Crippen LogP contribution is -2.30. The van der Waals surface area contributed by atoms with Gasteiger partial charge in [0.05, 0.1) is 29.5 Å². The van der Waals surface area contributed by atoms with Crippen LogP contribution in [0.15, 0.2) is 54.6 Å². The number of hydrogen-bond donors (Lipinski definition) is 0. The molecule has 0 saturated carbocycles. The average Bonchev–Trinajstić information content (AvgIpc) is 2.74. The van der Waals surface area contributed by atoms with Gasteiger partial charge in [0.1, 0.15) is 6.61 Å². The molecule has 0 saturated heterocycles. The van der Waals surface area contributed by atoms with Gasteiger partial charge in [0.15, 0.2) is 5.75 Å². The molecule has 0 heterocycles. The Morgan fingerprint density at radius 2 is 1.45 bits per heavy atom. The Kier molecular flexibility index (Phi) is 7.07. The number of aryl methyl sites for hydroxylation is 4. The topological polar surface area (TPSA) is 89.8 Å². The number of ether oxygens (including phenoxy) is 1. The standard InChI is InChI=1S/C25H28N2O5S/c1-17-6-8-19(3)21(12-17)15-26(33(5,30)31)24-11-10-23(27(28)29)14-25(24)32-16-22-13-18(2)7-9-20(22)4/h6-14H,15-16H2,1-5H3. The monoisotopic (exact) mass is 468 g/mol. The van der Waals surface area contributed by atoms with Crippen molar-refractivity contribution < 1.29 is 18.1 Å². The lowest BCUT2D eigenvalue weighted by Gasteiger charge is -2.26. The van der Waals surface area contributed by atoms with Crippen molar-refractivity contribution in [2.45, 2.75) is 40.8 Å². The Morgan fingerprint density at radius 1 is 0.879 bits per heavy atom. The Balaban J connectivity index is 2.06. The van der Waals surface area contributed by atoms with Crippen molar-refractivity contribution in [3.63, 3.8) is 0 Å². The predicted octanol–water partition coefficient (Wildman–Crippen LogP) is 5.37. The van der Waals surface area contributed by atoms with E-state index in [4.69, 9.17) is 4.74 Å². The summed E-state index contributed by atoms with van der Waals surface area (Å²) >= 11 is 0. The minimum Gasteiger partial charge on any atom is -0.486 e. The van der Waals surface area contributed by atoms with Crippen LogP contribution in [-0.4, -0.2) is 19.6 Å². The molecule has 8 heteroatoms. The Morgan fingerprint density at radius 3 is 2.03 bits per heavy atom. The third-order valence-electron chi connectivity index (χ3n) is 5.53. The van der Waals surface area contributed by atoms with Gasteiger partial charge in [0, 0.05) is 6.07 Å². The molecule has 0 N–H and O–H groups in total. The van der Waals surface area contributed by atoms with Crippen molar-refractivity contribution >= 4 is 21.4 Å². The quantitative estimate of drug-likeness (QED) is 0.327. The number of nitro groups is 1. The van der Waals surface area contributed by atoms with Gasteiger partial charge < -0.3 is 4.74 Å². The van der Waals surface area contributed by atoms with Crippen molar-refractivity contribution in [3.8, 4) is 5.75 Å². The van der Waals surface area contributed by atoms with Crippen LogP contribution < -0.4 is 9.04 Å². The first-order valence-electron chi connectivity index (χ1n) is 10.5. The van der Waals surface area contributed by atoms with Gasteiger partial charge >= 0.3 is 0 Å². The molecule has 0 bridgehead atoms. The van der Waals surface area contributed by atoms with E-state index in [-0.39, 0.29) is 30.3 Å². The summed E-state index contributed by atoms with van der Waals surface area (Å²) in [5, 5.41) is 11.4. The van der Waals surface area contributed by atoms with Crippen molar-refractivity contribution in [2.75, 3.05) is 10.6 Å². The molecule has 3 aromatic rings. The average molecular weight is 469 g/mol. The highest BCUT2D eigenvalue weighted by atomic mass is 32.2. The van der Waals surface area contributed by atoms with Gasteiger partial charge in [-0.3, -0.25) is 14.4 Å². The van der Waals surface area contributed by atoms with Crippen LogP contribution in [0.4, 0.5) is 11.4 Å². The van der Waals surface area contributed by atoms with E-state index in [1.807, 2.05) is 64.1 Å². The number of rotatable bonds is 8. The molecule has 174 valence electrons. The second-order valence-electron chi connectivity index (χ2n) is 8.33. The van der Waals surface area contributed by atoms with Crippen molar-refractivity contribution in [1.29, 1.82) is 0 Å². The van der Waals surface area contributed by atoms with E-state index >= 15 is 0 Å². The van der Waals surface area contributed by atoms with E-state index < -0.39 is 14.9 Å². The molecule has 0 aliphatic carbocycles. The molecule has 0 atom stereocenters. The Hall–Kier alpha value is -3.39. The fourth-order valence-electron chi connectivity index (χ4n) is 3.56. The molecule has 0 aliphatic rings. The van der Waals surface area contributed by atoms with Crippen LogP contribution in [0.2, 0.25) is 0 Å². The molecule has 0 spiro atoms. The Bertz CT molecular complexity index is 1300. The molecule has 0 amide bonds. The summed E-state index contributed by atoms with van der Waals surface area (Å²) in [5.41, 5.74) is 5.90. The van der Waals surface area contributed by atoms with Crippen LogP contribution in [0.3, 0.4) is 0 Å². The van der Waals surface area contributed by atoms with Gasteiger partial charge in [-0.05, 0) is 56.0 Å². The van der Waals surface area contributed by atoms with Crippen LogP contribution in [0.1, 0.15) is 33.4 Å². The molecule has 0 aromatic heterocycles. The van der Waals surface area contributed by atoms with E-state index in [9.17, 15) is 18.5 Å². The maximum absolute atomic E-state index is 12.8. The van der Waals surface area contributed by atoms with E-state index in [0.717, 1.165) is 39.6 Å². The maximum atomic E-state index is 12.8. The number of nitro benzene ring substituents is 1. The molecular formula is C25H28N2O5S. The summed E-state index contributed by atoms with van der Waals surface area (Å²) < 4.78 is 32.9. The third-order valence-corrected chi connectivity index (χ3v) is 6.66. The largest absolute Gasteiger partial charge is 0.486 e. The lowest BCUT2D eigenvalue weighted by molar-refractivity contribution is -0.384. The summed E-state index contributed by atoms with van der Waals surface area (Å²) in [6.07, 6.45) is 1.12. The summed E-state index contributed by atoms with van der Waals surface area (Å²) in [6.45, 7) is 8.03. The molecule has 0 radical (unpaired) electrons. The fraction of sp³-hybridized carbons (Fsp3) is 0.280. The van der Waals surface area contributed by atoms with Gasteiger partial charge in [-0.2, -0.15) is 0 Å². The SMILES string of the molecule is Cc1ccc(C)c(COc2cc([N+](=O)[O-])ccc2N(Cc2cc(C)ccc2C)S(C)(=O)=O)c1. The van der Waals surface area contributed by atoms with Crippen LogP contribution in [0.25, 0.3) is 0 Å². The predicted molar refractivity (Wildman–Crippen MR) is 130 cm³/mol. The van der Waals surface area contributed by atoms with Gasteiger partial charge in [0.25, 0.3) is 5.69 Å². The number of sulfonamides is 1. The Labute approximate surface area is 194 Å². The van der Waals surface area contributed by atoms with Crippen LogP contribution in [0.5, 0.6) is 5.75 Å². The lowest BCUT2D eigenvalue weighted by atomic mass is 10.1. The first kappa shape index (κ1) is 24.3. The molecule has 33 heavy (non-hydrogen) atoms. The van der Waals surface area contributed by atoms with Gasteiger partial charge in [0.2, 0.25) is 10.0 Å². The molecule has 3 aromatic carbocycles. The highest BCUT2D eigenvalue weighted by molar-refractivity contribution is 7.92. The first-order chi connectivity index (χ1) is 15.5. The number of hydrogen-bond acceptors (Lipinski definition) is 5. The molecule has 3 rings (SSSR count). The highest BCUT2D eigenvalue weighted by Crippen LogP contribution is 2.36. The molecule has 0 aliphatic heterocycles. The second kappa shape index (κ2) is 9.62. The maximum Gasteiger partial charge on any atom is 0.273 e. The van der Waals surface area contributed by atoms with Crippen LogP contribution in [-0.2, 0) is 23.2 Å². The van der Waals surface area contributed by atoms with Crippen molar-refractivity contribution in [2.24, 2.45) is 0 Å². The third kappa shape index (κ3) is 5.90. The van der Waals surface area contributed by atoms with E-state index in [1.54, 1.807) is 0 Å². The molecule has 0 unspecified atom stereocenters. The van der Waals surface area contributed by atoms with Crippen LogP contribution >= 0.6 is 0 Å². The summed E-state index contributed by atoms with van der Waals surface area (Å²) in [6, 6.07) is 15.8. The number of benzene rings is 3. The highest BCUT2D eigenvalue weighted by Gasteiger charge is 2.24. The zero-order chi connectivity index (χ0) is 24.3. The normalized spacial score (nSPS) is 11.3. The molecular weight excluding hydrogens is 440 g/mol. The van der Waals surface area contributed by atoms with E-state index in [0.29, 0.717) is 0 Å². The van der Waals surface area contributed by atoms with Crippen molar-refractivity contribution in [1.82, 2.24) is 0 Å². The summed E-state index contributed by atoms with van der Waals surface area (Å²) in [5.74, 6) is 0.140. The fourth-order valence-corrected chi connectivity index (χ4v) is 4.44. The van der Waals surface area contributed by atoms with Crippen molar-refractivity contribution in [3.05, 3.63) is 98.1 Å². The van der Waals surface area contributed by atoms with E-state index in [2.05, 4.69) is 0 Å². The summed E-state index contributed by atoms with van der Waals surface area (Å²) in [7, 11) is -3.72.